The van der Waals surface area contributed by atoms with Gasteiger partial charge >= 0.3 is 0 Å². The molecule has 0 spiro atoms. The minimum atomic E-state index is -0.178. The van der Waals surface area contributed by atoms with E-state index in [0.29, 0.717) is 4.88 Å². The van der Waals surface area contributed by atoms with Gasteiger partial charge in [0, 0.05) is 32.4 Å². The van der Waals surface area contributed by atoms with E-state index >= 15 is 0 Å². The van der Waals surface area contributed by atoms with Crippen LogP contribution in [0.15, 0.2) is 151 Å². The van der Waals surface area contributed by atoms with Crippen LogP contribution in [0.2, 0.25) is 0 Å². The van der Waals surface area contributed by atoms with Crippen LogP contribution in [0, 0.1) is 34.0 Å². The summed E-state index contributed by atoms with van der Waals surface area (Å²) in [5, 5.41) is 33.0. The van der Waals surface area contributed by atoms with Gasteiger partial charge in [-0.2, -0.15) is 15.8 Å². The van der Waals surface area contributed by atoms with Crippen LogP contribution < -0.4 is 4.90 Å². The third kappa shape index (κ3) is 4.96. The molecule has 5 heteroatoms. The topological polar surface area (TPSA) is 74.6 Å². The number of fused-ring (bicyclic) bond motifs is 2. The molecule has 0 aliphatic rings. The van der Waals surface area contributed by atoms with E-state index in [1.807, 2.05) is 48.5 Å². The molecule has 0 atom stereocenters. The first kappa shape index (κ1) is 28.3. The summed E-state index contributed by atoms with van der Waals surface area (Å²) in [5.41, 5.74) is 6.49. The zero-order valence-corrected chi connectivity index (χ0v) is 25.4. The van der Waals surface area contributed by atoms with Crippen molar-refractivity contribution in [2.45, 2.75) is 0 Å². The second-order valence-corrected chi connectivity index (χ2v) is 11.7. The Bertz CT molecular complexity index is 2270. The lowest BCUT2D eigenvalue weighted by Crippen LogP contribution is -2.09. The highest BCUT2D eigenvalue weighted by Gasteiger charge is 2.20. The van der Waals surface area contributed by atoms with Crippen LogP contribution in [0.3, 0.4) is 0 Å². The quantitative estimate of drug-likeness (QED) is 0.140. The fourth-order valence-electron chi connectivity index (χ4n) is 6.06. The molecule has 0 fully saturated rings. The minimum absolute atomic E-state index is 0.103. The number of hydrogen-bond acceptors (Lipinski definition) is 5. The summed E-state index contributed by atoms with van der Waals surface area (Å²) in [6.07, 6.45) is 0. The van der Waals surface area contributed by atoms with Gasteiger partial charge in [-0.15, -0.1) is 11.3 Å². The van der Waals surface area contributed by atoms with E-state index < -0.39 is 0 Å². The Balaban J connectivity index is 1.41. The van der Waals surface area contributed by atoms with E-state index in [-0.39, 0.29) is 11.1 Å². The summed E-state index contributed by atoms with van der Waals surface area (Å²) in [7, 11) is 0. The molecule has 0 radical (unpaired) electrons. The summed E-state index contributed by atoms with van der Waals surface area (Å²) < 4.78 is 0. The smallest absolute Gasteiger partial charge is 0.148 e. The van der Waals surface area contributed by atoms with Crippen molar-refractivity contribution in [3.8, 4) is 39.8 Å². The maximum Gasteiger partial charge on any atom is 0.148 e. The summed E-state index contributed by atoms with van der Waals surface area (Å²) in [4.78, 5) is 3.82. The lowest BCUT2D eigenvalue weighted by Gasteiger charge is -2.25. The molecule has 4 nitrogen and oxygen atoms in total. The van der Waals surface area contributed by atoms with Gasteiger partial charge in [-0.3, -0.25) is 0 Å². The predicted molar refractivity (Wildman–Crippen MR) is 189 cm³/mol. The van der Waals surface area contributed by atoms with Crippen molar-refractivity contribution < 1.29 is 0 Å². The van der Waals surface area contributed by atoms with Gasteiger partial charge in [-0.1, -0.05) is 97.1 Å². The summed E-state index contributed by atoms with van der Waals surface area (Å²) >= 11 is 1.42. The van der Waals surface area contributed by atoms with Gasteiger partial charge in [-0.25, -0.2) is 0 Å². The second-order valence-electron chi connectivity index (χ2n) is 10.6. The second kappa shape index (κ2) is 12.3. The Morgan fingerprint density at radius 3 is 1.39 bits per heavy atom. The monoisotopic (exact) mass is 604 g/mol. The fraction of sp³-hybridized carbons (Fsp3) is 0. The standard InChI is InChI=1S/C41H24N4S/c42-25-29(26-43)37(27-44)38-23-24-39(46-38)41-35-17-9-7-15-33(35)40(34-16-8-10-18-36(34)41)28-19-21-32(22-20-28)45(30-11-3-1-4-12-30)31-13-5-2-6-14-31/h1-24H. The van der Waals surface area contributed by atoms with E-state index in [4.69, 9.17) is 0 Å². The van der Waals surface area contributed by atoms with Crippen LogP contribution in [0.1, 0.15) is 4.88 Å². The first-order chi connectivity index (χ1) is 22.7. The van der Waals surface area contributed by atoms with Gasteiger partial charge < -0.3 is 4.90 Å². The van der Waals surface area contributed by atoms with E-state index in [9.17, 15) is 15.8 Å². The molecule has 214 valence electrons. The Morgan fingerprint density at radius 2 is 0.913 bits per heavy atom. The van der Waals surface area contributed by atoms with Gasteiger partial charge in [-0.05, 0) is 81.2 Å². The predicted octanol–water partition coefficient (Wildman–Crippen LogP) is 11.2. The van der Waals surface area contributed by atoms with Crippen LogP contribution in [-0.2, 0) is 0 Å². The highest BCUT2D eigenvalue weighted by Crippen LogP contribution is 2.46. The first-order valence-electron chi connectivity index (χ1n) is 14.7. The SMILES string of the molecule is N#CC(C#N)=C(C#N)c1ccc(-c2c3ccccc3c(-c3ccc(N(c4ccccc4)c4ccccc4)cc3)c3ccccc23)s1. The van der Waals surface area contributed by atoms with Crippen molar-refractivity contribution in [2.24, 2.45) is 0 Å². The average Bonchev–Trinajstić information content (AvgIpc) is 3.60. The van der Waals surface area contributed by atoms with E-state index in [1.54, 1.807) is 0 Å². The Hall–Kier alpha value is -6.45. The third-order valence-electron chi connectivity index (χ3n) is 8.06. The van der Waals surface area contributed by atoms with Crippen molar-refractivity contribution in [3.63, 3.8) is 0 Å². The molecule has 0 aliphatic carbocycles. The van der Waals surface area contributed by atoms with Crippen molar-refractivity contribution in [1.29, 1.82) is 15.8 Å². The highest BCUT2D eigenvalue weighted by molar-refractivity contribution is 7.16. The zero-order valence-electron chi connectivity index (χ0n) is 24.6. The third-order valence-corrected chi connectivity index (χ3v) is 9.18. The van der Waals surface area contributed by atoms with E-state index in [2.05, 4.69) is 120 Å². The first-order valence-corrected chi connectivity index (χ1v) is 15.5. The number of thiophene rings is 1. The fourth-order valence-corrected chi connectivity index (χ4v) is 7.14. The van der Waals surface area contributed by atoms with Crippen molar-refractivity contribution in [1.82, 2.24) is 0 Å². The summed E-state index contributed by atoms with van der Waals surface area (Å²) in [6.45, 7) is 0. The van der Waals surface area contributed by atoms with Crippen molar-refractivity contribution >= 4 is 55.5 Å². The number of nitriles is 3. The lowest BCUT2D eigenvalue weighted by atomic mass is 9.88. The van der Waals surface area contributed by atoms with Crippen LogP contribution in [0.4, 0.5) is 17.1 Å². The average molecular weight is 605 g/mol. The number of anilines is 3. The molecule has 7 rings (SSSR count). The van der Waals surface area contributed by atoms with Gasteiger partial charge in [0.05, 0.1) is 5.57 Å². The van der Waals surface area contributed by atoms with Crippen molar-refractivity contribution in [3.05, 3.63) is 156 Å². The molecule has 7 aromatic rings. The largest absolute Gasteiger partial charge is 0.311 e. The molecular formula is C41H24N4S. The van der Waals surface area contributed by atoms with Crippen LogP contribution in [-0.4, -0.2) is 0 Å². The van der Waals surface area contributed by atoms with Gasteiger partial charge in [0.2, 0.25) is 0 Å². The molecule has 6 aromatic carbocycles. The number of allylic oxidation sites excluding steroid dienone is 2. The van der Waals surface area contributed by atoms with Gasteiger partial charge in [0.25, 0.3) is 0 Å². The van der Waals surface area contributed by atoms with Gasteiger partial charge in [0.1, 0.15) is 23.8 Å². The molecule has 0 aliphatic heterocycles. The van der Waals surface area contributed by atoms with Crippen LogP contribution in [0.5, 0.6) is 0 Å². The lowest BCUT2D eigenvalue weighted by molar-refractivity contribution is 1.28. The molecule has 46 heavy (non-hydrogen) atoms. The van der Waals surface area contributed by atoms with Crippen LogP contribution >= 0.6 is 11.3 Å². The Morgan fingerprint density at radius 1 is 0.457 bits per heavy atom. The normalized spacial score (nSPS) is 10.5. The number of rotatable bonds is 6. The van der Waals surface area contributed by atoms with Crippen LogP contribution in [0.25, 0.3) is 48.7 Å². The zero-order chi connectivity index (χ0) is 31.5. The Kier molecular flexibility index (Phi) is 7.56. The van der Waals surface area contributed by atoms with E-state index in [1.165, 1.54) is 11.3 Å². The van der Waals surface area contributed by atoms with E-state index in [0.717, 1.165) is 60.2 Å². The molecule has 1 aromatic heterocycles. The number of benzene rings is 6. The highest BCUT2D eigenvalue weighted by atomic mass is 32.1. The van der Waals surface area contributed by atoms with Crippen molar-refractivity contribution in [2.75, 3.05) is 4.90 Å². The molecule has 0 bridgehead atoms. The number of hydrogen-bond donors (Lipinski definition) is 0. The number of nitrogens with zero attached hydrogens (tertiary/aromatic N) is 4. The summed E-state index contributed by atoms with van der Waals surface area (Å²) in [5.74, 6) is 0. The maximum absolute atomic E-state index is 9.77. The molecule has 0 amide bonds. The molecule has 1 heterocycles. The minimum Gasteiger partial charge on any atom is -0.311 e. The Labute approximate surface area is 271 Å². The summed E-state index contributed by atoms with van der Waals surface area (Å²) in [6, 6.07) is 55.9. The molecule has 0 N–H and O–H groups in total. The molecular weight excluding hydrogens is 581 g/mol. The number of para-hydroxylation sites is 2. The van der Waals surface area contributed by atoms with Gasteiger partial charge in [0.15, 0.2) is 0 Å². The molecule has 0 unspecified atom stereocenters. The maximum atomic E-state index is 9.77. The molecule has 0 saturated carbocycles. The molecule has 0 saturated heterocycles.